The summed E-state index contributed by atoms with van der Waals surface area (Å²) in [6, 6.07) is 0. The lowest BCUT2D eigenvalue weighted by Crippen LogP contribution is -2.38. The minimum Gasteiger partial charge on any atom is -0.466 e. The molecule has 2 aliphatic carbocycles. The normalized spacial score (nSPS) is 30.5. The molecule has 2 aliphatic rings. The van der Waals surface area contributed by atoms with Gasteiger partial charge < -0.3 is 9.47 Å². The highest BCUT2D eigenvalue weighted by molar-refractivity contribution is 6.18. The number of carbonyl (C=O) groups is 1. The molecule has 0 aromatic rings. The largest absolute Gasteiger partial charge is 0.466 e. The summed E-state index contributed by atoms with van der Waals surface area (Å²) < 4.78 is 11.3. The Labute approximate surface area is 177 Å². The molecule has 0 aliphatic heterocycles. The summed E-state index contributed by atoms with van der Waals surface area (Å²) in [4.78, 5) is 11.3. The molecule has 3 nitrogen and oxygen atoms in total. The second-order valence-corrected chi connectivity index (χ2v) is 9.14. The first-order valence-corrected chi connectivity index (χ1v) is 12.0. The molecular formula is C24H39ClO3. The molecule has 0 radical (unpaired) electrons. The fraction of sp³-hybridized carbons (Fsp3) is 0.875. The summed E-state index contributed by atoms with van der Waals surface area (Å²) in [5, 5.41) is 0. The molecular weight excluding hydrogens is 372 g/mol. The van der Waals surface area contributed by atoms with Crippen LogP contribution in [0.3, 0.4) is 0 Å². The number of alkyl halides is 1. The van der Waals surface area contributed by atoms with Crippen LogP contribution >= 0.6 is 11.6 Å². The highest BCUT2D eigenvalue weighted by Crippen LogP contribution is 2.44. The van der Waals surface area contributed by atoms with Gasteiger partial charge >= 0.3 is 5.97 Å². The SMILES string of the molecule is C#CC1(OCCCCOC(=O)CCCl)CCC(C2CCC(CCC)CC2)CC1. The van der Waals surface area contributed by atoms with Crippen LogP contribution in [-0.4, -0.2) is 30.7 Å². The summed E-state index contributed by atoms with van der Waals surface area (Å²) in [5.41, 5.74) is -0.370. The van der Waals surface area contributed by atoms with Crippen molar-refractivity contribution in [2.45, 2.75) is 96.0 Å². The van der Waals surface area contributed by atoms with E-state index in [0.29, 0.717) is 19.1 Å². The summed E-state index contributed by atoms with van der Waals surface area (Å²) in [5.74, 6) is 5.79. The van der Waals surface area contributed by atoms with E-state index >= 15 is 0 Å². The molecule has 4 heteroatoms. The zero-order chi connectivity index (χ0) is 20.2. The van der Waals surface area contributed by atoms with Crippen LogP contribution in [0.1, 0.15) is 90.4 Å². The third-order valence-electron chi connectivity index (χ3n) is 6.83. The van der Waals surface area contributed by atoms with Gasteiger partial charge in [0.1, 0.15) is 5.60 Å². The van der Waals surface area contributed by atoms with Crippen LogP contribution in [0.4, 0.5) is 0 Å². The number of ether oxygens (including phenoxy) is 2. The van der Waals surface area contributed by atoms with Crippen molar-refractivity contribution >= 4 is 17.6 Å². The predicted molar refractivity (Wildman–Crippen MR) is 115 cm³/mol. The van der Waals surface area contributed by atoms with E-state index in [4.69, 9.17) is 27.5 Å². The highest BCUT2D eigenvalue weighted by Gasteiger charge is 2.38. The molecule has 0 heterocycles. The minimum absolute atomic E-state index is 0.224. The molecule has 160 valence electrons. The van der Waals surface area contributed by atoms with E-state index in [2.05, 4.69) is 12.8 Å². The topological polar surface area (TPSA) is 35.5 Å². The molecule has 0 amide bonds. The molecule has 2 fully saturated rings. The number of halogens is 1. The fourth-order valence-electron chi connectivity index (χ4n) is 5.07. The summed E-state index contributed by atoms with van der Waals surface area (Å²) in [7, 11) is 0. The Hall–Kier alpha value is -0.720. The van der Waals surface area contributed by atoms with Crippen molar-refractivity contribution in [1.82, 2.24) is 0 Å². The average molecular weight is 411 g/mol. The summed E-state index contributed by atoms with van der Waals surface area (Å²) in [6.45, 7) is 3.38. The van der Waals surface area contributed by atoms with Crippen molar-refractivity contribution < 1.29 is 14.3 Å². The third kappa shape index (κ3) is 7.60. The zero-order valence-electron chi connectivity index (χ0n) is 17.7. The lowest BCUT2D eigenvalue weighted by atomic mass is 9.68. The average Bonchev–Trinajstić information content (AvgIpc) is 2.72. The molecule has 2 rings (SSSR count). The Morgan fingerprint density at radius 3 is 2.32 bits per heavy atom. The van der Waals surface area contributed by atoms with Gasteiger partial charge in [0, 0.05) is 12.5 Å². The van der Waals surface area contributed by atoms with E-state index in [1.165, 1.54) is 51.4 Å². The zero-order valence-corrected chi connectivity index (χ0v) is 18.5. The Kier molecular flexibility index (Phi) is 10.7. The van der Waals surface area contributed by atoms with Crippen LogP contribution in [0.5, 0.6) is 0 Å². The quantitative estimate of drug-likeness (QED) is 0.178. The van der Waals surface area contributed by atoms with Crippen molar-refractivity contribution in [3.8, 4) is 12.3 Å². The fourth-order valence-corrected chi connectivity index (χ4v) is 5.23. The van der Waals surface area contributed by atoms with E-state index in [-0.39, 0.29) is 18.0 Å². The maximum absolute atomic E-state index is 11.3. The number of terminal acetylenes is 1. The predicted octanol–water partition coefficient (Wildman–Crippen LogP) is 6.12. The lowest BCUT2D eigenvalue weighted by Gasteiger charge is -2.41. The molecule has 0 N–H and O–H groups in total. The molecule has 28 heavy (non-hydrogen) atoms. The standard InChI is InChI=1S/C24H39ClO3/c1-3-7-20-8-10-21(11-9-20)22-12-15-24(4-2,16-13-22)28-19-6-5-18-27-23(26)14-17-25/h2,20-22H,3,5-19H2,1H3. The van der Waals surface area contributed by atoms with Crippen molar-refractivity contribution in [3.05, 3.63) is 0 Å². The molecule has 0 unspecified atom stereocenters. The third-order valence-corrected chi connectivity index (χ3v) is 7.02. The van der Waals surface area contributed by atoms with Crippen molar-refractivity contribution in [1.29, 1.82) is 0 Å². The molecule has 0 atom stereocenters. The van der Waals surface area contributed by atoms with Crippen molar-refractivity contribution in [3.63, 3.8) is 0 Å². The Morgan fingerprint density at radius 2 is 1.71 bits per heavy atom. The number of hydrogen-bond donors (Lipinski definition) is 0. The number of hydrogen-bond acceptors (Lipinski definition) is 3. The Balaban J connectivity index is 1.62. The van der Waals surface area contributed by atoms with E-state index < -0.39 is 0 Å². The lowest BCUT2D eigenvalue weighted by molar-refractivity contribution is -0.143. The minimum atomic E-state index is -0.370. The Bertz CT molecular complexity index is 483. The van der Waals surface area contributed by atoms with Gasteiger partial charge in [0.15, 0.2) is 0 Å². The van der Waals surface area contributed by atoms with Crippen LogP contribution in [0.2, 0.25) is 0 Å². The van der Waals surface area contributed by atoms with Gasteiger partial charge in [0.2, 0.25) is 0 Å². The van der Waals surface area contributed by atoms with E-state index in [1.807, 2.05) is 0 Å². The van der Waals surface area contributed by atoms with Gasteiger partial charge in [0.05, 0.1) is 13.0 Å². The Morgan fingerprint density at radius 1 is 1.07 bits per heavy atom. The molecule has 0 saturated heterocycles. The molecule has 0 spiro atoms. The van der Waals surface area contributed by atoms with Gasteiger partial charge in [-0.1, -0.05) is 38.5 Å². The molecule has 0 aromatic carbocycles. The molecule has 0 bridgehead atoms. The first-order chi connectivity index (χ1) is 13.6. The number of carbonyl (C=O) groups excluding carboxylic acids is 1. The van der Waals surface area contributed by atoms with Gasteiger partial charge in [-0.25, -0.2) is 0 Å². The first-order valence-electron chi connectivity index (χ1n) is 11.5. The molecule has 0 aromatic heterocycles. The maximum Gasteiger partial charge on any atom is 0.306 e. The van der Waals surface area contributed by atoms with E-state index in [1.54, 1.807) is 0 Å². The van der Waals surface area contributed by atoms with Gasteiger partial charge in [-0.3, -0.25) is 4.79 Å². The number of esters is 1. The van der Waals surface area contributed by atoms with Crippen molar-refractivity contribution in [2.75, 3.05) is 19.1 Å². The van der Waals surface area contributed by atoms with Gasteiger partial charge in [-0.05, 0) is 69.1 Å². The van der Waals surface area contributed by atoms with E-state index in [0.717, 1.165) is 43.4 Å². The van der Waals surface area contributed by atoms with E-state index in [9.17, 15) is 4.79 Å². The number of unbranched alkanes of at least 4 members (excludes halogenated alkanes) is 1. The second-order valence-electron chi connectivity index (χ2n) is 8.76. The van der Waals surface area contributed by atoms with Crippen LogP contribution in [0, 0.1) is 30.1 Å². The van der Waals surface area contributed by atoms with Crippen molar-refractivity contribution in [2.24, 2.45) is 17.8 Å². The van der Waals surface area contributed by atoms with Gasteiger partial charge in [0.25, 0.3) is 0 Å². The second kappa shape index (κ2) is 12.8. The van der Waals surface area contributed by atoms with Crippen LogP contribution in [0.15, 0.2) is 0 Å². The monoisotopic (exact) mass is 410 g/mol. The summed E-state index contributed by atoms with van der Waals surface area (Å²) >= 11 is 5.52. The highest BCUT2D eigenvalue weighted by atomic mass is 35.5. The van der Waals surface area contributed by atoms with Crippen LogP contribution in [-0.2, 0) is 14.3 Å². The summed E-state index contributed by atoms with van der Waals surface area (Å²) in [6.07, 6.45) is 20.7. The molecule has 2 saturated carbocycles. The van der Waals surface area contributed by atoms with Gasteiger partial charge in [-0.2, -0.15) is 0 Å². The van der Waals surface area contributed by atoms with Gasteiger partial charge in [-0.15, -0.1) is 18.0 Å². The smallest absolute Gasteiger partial charge is 0.306 e. The number of rotatable bonds is 11. The maximum atomic E-state index is 11.3. The first kappa shape index (κ1) is 23.6. The van der Waals surface area contributed by atoms with Crippen LogP contribution < -0.4 is 0 Å². The van der Waals surface area contributed by atoms with Crippen LogP contribution in [0.25, 0.3) is 0 Å².